The summed E-state index contributed by atoms with van der Waals surface area (Å²) in [6.45, 7) is 1.68. The Kier molecular flexibility index (Phi) is 7.91. The summed E-state index contributed by atoms with van der Waals surface area (Å²) < 4.78 is 95.3. The first-order valence-electron chi connectivity index (χ1n) is 12.7. The Hall–Kier alpha value is -3.74. The van der Waals surface area contributed by atoms with E-state index in [-0.39, 0.29) is 25.1 Å². The number of ether oxygens (including phenoxy) is 1. The lowest BCUT2D eigenvalue weighted by Gasteiger charge is -2.25. The molecule has 2 aromatic heterocycles. The summed E-state index contributed by atoms with van der Waals surface area (Å²) in [7, 11) is 0. The number of aliphatic hydroxyl groups excluding tert-OH is 1. The monoisotopic (exact) mass is 636 g/mol. The fourth-order valence-corrected chi connectivity index (χ4v) is 6.80. The number of thiophene rings is 2. The molecule has 12 heteroatoms. The zero-order valence-electron chi connectivity index (χ0n) is 22.5. The third kappa shape index (κ3) is 5.11. The number of esters is 1. The Labute approximate surface area is 249 Å². The third-order valence-corrected chi connectivity index (χ3v) is 9.20. The molecule has 4 nitrogen and oxygen atoms in total. The van der Waals surface area contributed by atoms with E-state index in [4.69, 9.17) is 4.74 Å². The summed E-state index contributed by atoms with van der Waals surface area (Å²) in [5, 5.41) is 9.41. The Bertz CT molecular complexity index is 1730. The quantitative estimate of drug-likeness (QED) is 0.120. The summed E-state index contributed by atoms with van der Waals surface area (Å²) in [5.41, 5.74) is -1.67. The minimum atomic E-state index is -5.71. The molecular formula is C31H22F6O4S2. The van der Waals surface area contributed by atoms with Crippen LogP contribution in [0.1, 0.15) is 51.4 Å². The van der Waals surface area contributed by atoms with Gasteiger partial charge in [-0.05, 0) is 60.4 Å². The molecule has 0 amide bonds. The van der Waals surface area contributed by atoms with E-state index in [2.05, 4.69) is 0 Å². The Balaban J connectivity index is 1.42. The molecule has 0 saturated carbocycles. The van der Waals surface area contributed by atoms with E-state index < -0.39 is 59.2 Å². The summed E-state index contributed by atoms with van der Waals surface area (Å²) in [6.07, 6.45) is 0.721. The first-order chi connectivity index (χ1) is 20.2. The molecule has 2 heterocycles. The van der Waals surface area contributed by atoms with E-state index >= 15 is 17.6 Å². The number of hydrogen-bond donors (Lipinski definition) is 1. The lowest BCUT2D eigenvalue weighted by atomic mass is 9.95. The van der Waals surface area contributed by atoms with Crippen LogP contribution in [0, 0.1) is 13.8 Å². The van der Waals surface area contributed by atoms with Crippen molar-refractivity contribution in [1.82, 2.24) is 0 Å². The number of carbonyl (C=O) groups excluding carboxylic acids is 2. The fourth-order valence-electron chi connectivity index (χ4n) is 4.94. The molecule has 0 atom stereocenters. The maximum Gasteiger partial charge on any atom is 0.380 e. The molecule has 0 bridgehead atoms. The van der Waals surface area contributed by atoms with Crippen molar-refractivity contribution in [3.8, 4) is 11.1 Å². The highest BCUT2D eigenvalue weighted by Gasteiger charge is 2.80. The van der Waals surface area contributed by atoms with E-state index in [1.54, 1.807) is 36.4 Å². The van der Waals surface area contributed by atoms with Gasteiger partial charge in [-0.2, -0.15) is 26.3 Å². The van der Waals surface area contributed by atoms with Gasteiger partial charge in [0.1, 0.15) is 12.9 Å². The van der Waals surface area contributed by atoms with Gasteiger partial charge in [-0.15, -0.1) is 22.7 Å². The summed E-state index contributed by atoms with van der Waals surface area (Å²) in [6, 6.07) is 15.3. The Morgan fingerprint density at radius 2 is 1.26 bits per heavy atom. The molecule has 0 saturated heterocycles. The SMILES string of the molecule is Cc1sc(CO)cc1C1=C(c2cc(COC(=O)c3ccc(-c4ccc(C=O)cc4)cc3)sc2C)C(F)(F)C(F)(F)C1(F)F. The van der Waals surface area contributed by atoms with Gasteiger partial charge in [0.05, 0.1) is 12.2 Å². The highest BCUT2D eigenvalue weighted by molar-refractivity contribution is 7.12. The number of allylic oxidation sites excluding steroid dienone is 2. The van der Waals surface area contributed by atoms with Crippen molar-refractivity contribution in [1.29, 1.82) is 0 Å². The van der Waals surface area contributed by atoms with Crippen molar-refractivity contribution >= 4 is 46.1 Å². The van der Waals surface area contributed by atoms with Crippen molar-refractivity contribution < 1.29 is 45.8 Å². The minimum absolute atomic E-state index is 0.0620. The number of carbonyl (C=O) groups is 2. The molecule has 1 N–H and O–H groups in total. The zero-order valence-corrected chi connectivity index (χ0v) is 24.2. The Morgan fingerprint density at radius 3 is 1.72 bits per heavy atom. The summed E-state index contributed by atoms with van der Waals surface area (Å²) in [5.74, 6) is -16.9. The third-order valence-electron chi connectivity index (χ3n) is 7.14. The molecule has 43 heavy (non-hydrogen) atoms. The van der Waals surface area contributed by atoms with Crippen molar-refractivity contribution in [2.24, 2.45) is 0 Å². The first-order valence-corrected chi connectivity index (χ1v) is 14.4. The number of halogens is 6. The number of aldehydes is 1. The van der Waals surface area contributed by atoms with Gasteiger partial charge in [0.2, 0.25) is 0 Å². The second-order valence-corrected chi connectivity index (χ2v) is 12.6. The van der Waals surface area contributed by atoms with Gasteiger partial charge in [0, 0.05) is 36.2 Å². The van der Waals surface area contributed by atoms with E-state index in [1.807, 2.05) is 0 Å². The average molecular weight is 637 g/mol. The van der Waals surface area contributed by atoms with Gasteiger partial charge in [0.25, 0.3) is 0 Å². The predicted octanol–water partition coefficient (Wildman–Crippen LogP) is 8.59. The molecule has 2 aromatic carbocycles. The highest BCUT2D eigenvalue weighted by atomic mass is 32.1. The number of alkyl halides is 6. The van der Waals surface area contributed by atoms with Crippen LogP contribution < -0.4 is 0 Å². The molecule has 0 fully saturated rings. The van der Waals surface area contributed by atoms with Crippen LogP contribution >= 0.6 is 22.7 Å². The van der Waals surface area contributed by atoms with Crippen LogP contribution in [0.2, 0.25) is 0 Å². The van der Waals surface area contributed by atoms with E-state index in [0.29, 0.717) is 5.56 Å². The number of aryl methyl sites for hydroxylation is 2. The fraction of sp³-hybridized carbons (Fsp3) is 0.226. The number of benzene rings is 2. The van der Waals surface area contributed by atoms with Crippen molar-refractivity contribution in [2.75, 3.05) is 0 Å². The molecule has 1 aliphatic carbocycles. The van der Waals surface area contributed by atoms with E-state index in [1.165, 1.54) is 26.0 Å². The average Bonchev–Trinajstić information content (AvgIpc) is 3.57. The lowest BCUT2D eigenvalue weighted by molar-refractivity contribution is -0.254. The van der Waals surface area contributed by atoms with Gasteiger partial charge < -0.3 is 9.84 Å². The van der Waals surface area contributed by atoms with Crippen molar-refractivity contribution in [3.05, 3.63) is 102 Å². The van der Waals surface area contributed by atoms with Crippen LogP contribution in [0.3, 0.4) is 0 Å². The highest BCUT2D eigenvalue weighted by Crippen LogP contribution is 2.65. The standard InChI is InChI=1S/C31H22F6O4S2/c1-16-24(11-22(14-39)42-16)26-27(30(34,35)31(36,37)29(26,32)33)25-12-23(43-17(25)2)15-41-28(40)21-9-7-20(8-10-21)19-5-3-18(13-38)4-6-19/h3-13,39H,14-15H2,1-2H3. The molecule has 4 aromatic rings. The minimum Gasteiger partial charge on any atom is -0.456 e. The Morgan fingerprint density at radius 1 is 0.791 bits per heavy atom. The normalized spacial score (nSPS) is 16.9. The number of rotatable bonds is 8. The molecule has 0 spiro atoms. The van der Waals surface area contributed by atoms with Crippen LogP contribution in [0.4, 0.5) is 26.3 Å². The van der Waals surface area contributed by atoms with Gasteiger partial charge in [0.15, 0.2) is 0 Å². The van der Waals surface area contributed by atoms with Crippen LogP contribution in [0.15, 0.2) is 60.7 Å². The molecule has 0 radical (unpaired) electrons. The predicted molar refractivity (Wildman–Crippen MR) is 152 cm³/mol. The maximum absolute atomic E-state index is 15.2. The van der Waals surface area contributed by atoms with E-state index in [9.17, 15) is 23.5 Å². The smallest absolute Gasteiger partial charge is 0.380 e. The van der Waals surface area contributed by atoms with Crippen LogP contribution in [-0.4, -0.2) is 35.1 Å². The molecule has 0 unspecified atom stereocenters. The first kappa shape index (κ1) is 30.7. The lowest BCUT2D eigenvalue weighted by Crippen LogP contribution is -2.48. The van der Waals surface area contributed by atoms with E-state index in [0.717, 1.165) is 52.2 Å². The molecule has 5 rings (SSSR count). The van der Waals surface area contributed by atoms with Crippen molar-refractivity contribution in [3.63, 3.8) is 0 Å². The number of aliphatic hydroxyl groups is 1. The van der Waals surface area contributed by atoms with Crippen molar-refractivity contribution in [2.45, 2.75) is 44.8 Å². The zero-order chi connectivity index (χ0) is 31.3. The van der Waals surface area contributed by atoms with Crippen LogP contribution in [-0.2, 0) is 18.0 Å². The maximum atomic E-state index is 15.2. The van der Waals surface area contributed by atoms with Gasteiger partial charge in [-0.3, -0.25) is 4.79 Å². The van der Waals surface area contributed by atoms with Gasteiger partial charge in [-0.25, -0.2) is 4.79 Å². The molecular weight excluding hydrogens is 614 g/mol. The molecule has 1 aliphatic rings. The summed E-state index contributed by atoms with van der Waals surface area (Å²) >= 11 is 1.70. The van der Waals surface area contributed by atoms with Crippen LogP contribution in [0.5, 0.6) is 0 Å². The molecule has 0 aliphatic heterocycles. The topological polar surface area (TPSA) is 63.6 Å². The second kappa shape index (κ2) is 11.1. The second-order valence-electron chi connectivity index (χ2n) is 9.89. The van der Waals surface area contributed by atoms with Gasteiger partial charge >= 0.3 is 23.7 Å². The van der Waals surface area contributed by atoms with Gasteiger partial charge in [-0.1, -0.05) is 36.4 Å². The summed E-state index contributed by atoms with van der Waals surface area (Å²) in [4.78, 5) is 24.0. The number of hydrogen-bond acceptors (Lipinski definition) is 6. The van der Waals surface area contributed by atoms with Crippen LogP contribution in [0.25, 0.3) is 22.3 Å². The molecule has 224 valence electrons. The largest absolute Gasteiger partial charge is 0.456 e.